The lowest BCUT2D eigenvalue weighted by molar-refractivity contribution is 0.409. The van der Waals surface area contributed by atoms with Crippen LogP contribution < -0.4 is 21.6 Å². The fourth-order valence-electron chi connectivity index (χ4n) is 4.12. The van der Waals surface area contributed by atoms with Gasteiger partial charge in [0.25, 0.3) is 0 Å². The van der Waals surface area contributed by atoms with Crippen molar-refractivity contribution in [2.24, 2.45) is 5.73 Å². The van der Waals surface area contributed by atoms with E-state index in [-0.39, 0.29) is 17.9 Å². The van der Waals surface area contributed by atoms with Crippen molar-refractivity contribution in [3.63, 3.8) is 0 Å². The number of benzene rings is 4. The summed E-state index contributed by atoms with van der Waals surface area (Å²) < 4.78 is 0. The van der Waals surface area contributed by atoms with Crippen LogP contribution in [-0.2, 0) is 12.0 Å². The zero-order valence-electron chi connectivity index (χ0n) is 20.5. The lowest BCUT2D eigenvalue weighted by atomic mass is 9.82. The molecule has 4 aromatic rings. The Labute approximate surface area is 213 Å². The van der Waals surface area contributed by atoms with Crippen molar-refractivity contribution in [3.05, 3.63) is 126 Å². The van der Waals surface area contributed by atoms with E-state index in [1.165, 1.54) is 27.0 Å². The molecule has 0 radical (unpaired) electrons. The molecule has 178 valence electrons. The number of aryl methyl sites for hydroxylation is 1. The highest BCUT2D eigenvalue weighted by Gasteiger charge is 2.24. The van der Waals surface area contributed by atoms with Crippen LogP contribution in [0.15, 0.2) is 115 Å². The molecule has 2 N–H and O–H groups in total. The van der Waals surface area contributed by atoms with Crippen molar-refractivity contribution in [2.75, 3.05) is 0 Å². The average molecular weight is 490 g/mol. The predicted molar refractivity (Wildman–Crippen MR) is 155 cm³/mol. The molecule has 0 saturated heterocycles. The van der Waals surface area contributed by atoms with E-state index in [4.69, 9.17) is 5.73 Å². The Morgan fingerprint density at radius 1 is 0.559 bits per heavy atom. The van der Waals surface area contributed by atoms with Crippen molar-refractivity contribution < 1.29 is 0 Å². The monoisotopic (exact) mass is 489 g/mol. The Balaban J connectivity index is 0.000000245. The smallest absolute Gasteiger partial charge is 0.0407 e. The van der Waals surface area contributed by atoms with E-state index in [1.54, 1.807) is 0 Å². The molecule has 0 amide bonds. The number of nitrogens with two attached hydrogens (primary N) is 1. The Morgan fingerprint density at radius 3 is 1.26 bits per heavy atom. The standard InChI is InChI=1S/C18H15P.C13H21N.ClH/c1-4-10-16(11-5-1)19(17-12-6-2-7-13-17)18-14-8-3-9-15-18;1-4-11-9-7-8-10-12(11)13(14,5-2)6-3;/h1-15H;7-10H,4-6,14H2,1-3H3;1H. The van der Waals surface area contributed by atoms with Crippen molar-refractivity contribution in [1.82, 2.24) is 0 Å². The maximum atomic E-state index is 6.39. The van der Waals surface area contributed by atoms with Gasteiger partial charge in [0.2, 0.25) is 0 Å². The SMILES string of the molecule is CCc1ccccc1C(N)(CC)CC.Cl.c1ccc(P(c2ccccc2)c2ccccc2)cc1. The Morgan fingerprint density at radius 2 is 0.912 bits per heavy atom. The van der Waals surface area contributed by atoms with Gasteiger partial charge in [0, 0.05) is 5.54 Å². The van der Waals surface area contributed by atoms with Gasteiger partial charge in [-0.1, -0.05) is 136 Å². The summed E-state index contributed by atoms with van der Waals surface area (Å²) in [5.41, 5.74) is 8.98. The van der Waals surface area contributed by atoms with Crippen LogP contribution in [0, 0.1) is 0 Å². The number of halogens is 1. The van der Waals surface area contributed by atoms with E-state index >= 15 is 0 Å². The largest absolute Gasteiger partial charge is 0.321 e. The maximum absolute atomic E-state index is 6.39. The summed E-state index contributed by atoms with van der Waals surface area (Å²) in [5, 5.41) is 4.19. The molecule has 3 heteroatoms. The van der Waals surface area contributed by atoms with Gasteiger partial charge in [0.05, 0.1) is 0 Å². The van der Waals surface area contributed by atoms with E-state index in [1.807, 2.05) is 0 Å². The van der Waals surface area contributed by atoms with E-state index in [2.05, 4.69) is 136 Å². The number of hydrogen-bond acceptors (Lipinski definition) is 1. The van der Waals surface area contributed by atoms with E-state index in [0.29, 0.717) is 0 Å². The molecule has 0 aliphatic rings. The zero-order chi connectivity index (χ0) is 23.5. The molecule has 0 aliphatic heterocycles. The first-order valence-electron chi connectivity index (χ1n) is 12.0. The second-order valence-corrected chi connectivity index (χ2v) is 10.4. The van der Waals surface area contributed by atoms with E-state index in [9.17, 15) is 0 Å². The van der Waals surface area contributed by atoms with Crippen molar-refractivity contribution >= 4 is 36.2 Å². The van der Waals surface area contributed by atoms with Crippen LogP contribution in [0.3, 0.4) is 0 Å². The first-order chi connectivity index (χ1) is 16.1. The van der Waals surface area contributed by atoms with Crippen molar-refractivity contribution in [3.8, 4) is 0 Å². The Bertz CT molecular complexity index is 986. The van der Waals surface area contributed by atoms with Crippen molar-refractivity contribution in [1.29, 1.82) is 0 Å². The molecule has 4 rings (SSSR count). The zero-order valence-corrected chi connectivity index (χ0v) is 22.2. The van der Waals surface area contributed by atoms with Gasteiger partial charge in [-0.05, 0) is 54.2 Å². The average Bonchev–Trinajstić information content (AvgIpc) is 2.90. The summed E-state index contributed by atoms with van der Waals surface area (Å²) in [6.07, 6.45) is 3.07. The van der Waals surface area contributed by atoms with Crippen LogP contribution in [0.2, 0.25) is 0 Å². The minimum atomic E-state index is -0.446. The topological polar surface area (TPSA) is 26.0 Å². The van der Waals surface area contributed by atoms with Crippen LogP contribution in [0.25, 0.3) is 0 Å². The molecule has 0 aliphatic carbocycles. The van der Waals surface area contributed by atoms with Gasteiger partial charge in [-0.2, -0.15) is 0 Å². The lowest BCUT2D eigenvalue weighted by Crippen LogP contribution is -2.36. The molecule has 0 spiro atoms. The molecule has 4 aromatic carbocycles. The molecule has 0 heterocycles. The van der Waals surface area contributed by atoms with Gasteiger partial charge >= 0.3 is 0 Å². The van der Waals surface area contributed by atoms with Crippen LogP contribution in [-0.4, -0.2) is 0 Å². The van der Waals surface area contributed by atoms with Gasteiger partial charge in [-0.25, -0.2) is 0 Å². The summed E-state index contributed by atoms with van der Waals surface area (Å²) in [7, 11) is -0.446. The molecular formula is C31H37ClNP. The van der Waals surface area contributed by atoms with Crippen LogP contribution in [0.1, 0.15) is 44.7 Å². The van der Waals surface area contributed by atoms with Gasteiger partial charge in [0.15, 0.2) is 0 Å². The van der Waals surface area contributed by atoms with Crippen LogP contribution >= 0.6 is 20.3 Å². The number of hydrogen-bond donors (Lipinski definition) is 1. The van der Waals surface area contributed by atoms with Crippen molar-refractivity contribution in [2.45, 2.75) is 45.6 Å². The summed E-state index contributed by atoms with van der Waals surface area (Å²) >= 11 is 0. The normalized spacial score (nSPS) is 10.7. The van der Waals surface area contributed by atoms with E-state index in [0.717, 1.165) is 19.3 Å². The van der Waals surface area contributed by atoms with E-state index < -0.39 is 7.92 Å². The fourth-order valence-corrected chi connectivity index (χ4v) is 6.43. The third-order valence-corrected chi connectivity index (χ3v) is 8.68. The van der Waals surface area contributed by atoms with Gasteiger partial charge in [-0.3, -0.25) is 0 Å². The molecule has 0 aromatic heterocycles. The van der Waals surface area contributed by atoms with Crippen LogP contribution in [0.4, 0.5) is 0 Å². The maximum Gasteiger partial charge on any atom is 0.0407 e. The fraction of sp³-hybridized carbons (Fsp3) is 0.226. The molecule has 1 nitrogen and oxygen atoms in total. The molecule has 0 unspecified atom stereocenters. The first kappa shape index (κ1) is 27.8. The lowest BCUT2D eigenvalue weighted by Gasteiger charge is -2.29. The minimum absolute atomic E-state index is 0. The van der Waals surface area contributed by atoms with Gasteiger partial charge in [-0.15, -0.1) is 12.4 Å². The Kier molecular flexibility index (Phi) is 11.5. The number of rotatable bonds is 7. The first-order valence-corrected chi connectivity index (χ1v) is 13.3. The molecule has 0 bridgehead atoms. The summed E-state index contributed by atoms with van der Waals surface area (Å²) in [4.78, 5) is 0. The highest BCUT2D eigenvalue weighted by molar-refractivity contribution is 7.79. The summed E-state index contributed by atoms with van der Waals surface area (Å²) in [6.45, 7) is 6.51. The molecule has 0 saturated carbocycles. The highest BCUT2D eigenvalue weighted by Crippen LogP contribution is 2.32. The summed E-state index contributed by atoms with van der Waals surface area (Å²) in [5.74, 6) is 0. The third kappa shape index (κ3) is 7.03. The molecule has 0 fully saturated rings. The third-order valence-electron chi connectivity index (χ3n) is 6.24. The molecule has 34 heavy (non-hydrogen) atoms. The second kappa shape index (κ2) is 14.1. The Hall–Kier alpha value is -2.44. The molecular weight excluding hydrogens is 453 g/mol. The predicted octanol–water partition coefficient (Wildman–Crippen LogP) is 7.09. The van der Waals surface area contributed by atoms with Crippen LogP contribution in [0.5, 0.6) is 0 Å². The van der Waals surface area contributed by atoms with Gasteiger partial charge in [0.1, 0.15) is 0 Å². The molecule has 0 atom stereocenters. The summed E-state index contributed by atoms with van der Waals surface area (Å²) in [6, 6.07) is 40.9. The quantitative estimate of drug-likeness (QED) is 0.275. The second-order valence-electron chi connectivity index (χ2n) is 8.22. The minimum Gasteiger partial charge on any atom is -0.321 e. The van der Waals surface area contributed by atoms with Gasteiger partial charge < -0.3 is 5.73 Å². The highest BCUT2D eigenvalue weighted by atomic mass is 35.5.